The molecule has 3 aromatic rings. The first-order valence-corrected chi connectivity index (χ1v) is 10.7. The van der Waals surface area contributed by atoms with Crippen molar-refractivity contribution in [1.82, 2.24) is 9.80 Å². The Balaban J connectivity index is 1.32. The van der Waals surface area contributed by atoms with Crippen LogP contribution in [0, 0.1) is 0 Å². The van der Waals surface area contributed by atoms with E-state index in [4.69, 9.17) is 4.42 Å². The van der Waals surface area contributed by atoms with Gasteiger partial charge in [0.2, 0.25) is 0 Å². The molecular formula is C25H26N2O3. The highest BCUT2D eigenvalue weighted by atomic mass is 16.4. The molecule has 5 heteroatoms. The summed E-state index contributed by atoms with van der Waals surface area (Å²) >= 11 is 0. The largest absolute Gasteiger partial charge is 0.422 e. The van der Waals surface area contributed by atoms with Crippen molar-refractivity contribution >= 4 is 16.9 Å². The molecule has 2 heterocycles. The first-order chi connectivity index (χ1) is 14.6. The maximum absolute atomic E-state index is 13.2. The van der Waals surface area contributed by atoms with Gasteiger partial charge in [-0.1, -0.05) is 42.5 Å². The van der Waals surface area contributed by atoms with E-state index < -0.39 is 5.63 Å². The normalized spacial score (nSPS) is 19.7. The number of fused-ring (bicyclic) bond motifs is 2. The van der Waals surface area contributed by atoms with Crippen LogP contribution in [0.2, 0.25) is 0 Å². The fraction of sp³-hybridized carbons (Fsp3) is 0.360. The number of piperidine rings is 1. The lowest BCUT2D eigenvalue weighted by Crippen LogP contribution is -2.52. The van der Waals surface area contributed by atoms with Crippen LogP contribution in [0.5, 0.6) is 0 Å². The number of rotatable bonds is 3. The van der Waals surface area contributed by atoms with Crippen LogP contribution in [0.4, 0.5) is 0 Å². The van der Waals surface area contributed by atoms with Gasteiger partial charge >= 0.3 is 5.63 Å². The molecule has 1 aliphatic heterocycles. The lowest BCUT2D eigenvalue weighted by atomic mass is 10.0. The predicted octanol–water partition coefficient (Wildman–Crippen LogP) is 3.50. The van der Waals surface area contributed by atoms with Crippen LogP contribution >= 0.6 is 0 Å². The monoisotopic (exact) mass is 402 g/mol. The van der Waals surface area contributed by atoms with Crippen LogP contribution in [0.15, 0.2) is 63.8 Å². The van der Waals surface area contributed by atoms with Crippen molar-refractivity contribution in [2.24, 2.45) is 0 Å². The molecule has 2 aliphatic rings. The van der Waals surface area contributed by atoms with Gasteiger partial charge in [0.25, 0.3) is 5.91 Å². The molecule has 1 unspecified atom stereocenters. The molecule has 0 spiro atoms. The first kappa shape index (κ1) is 19.1. The second-order valence-corrected chi connectivity index (χ2v) is 8.52. The molecule has 0 N–H and O–H groups in total. The summed E-state index contributed by atoms with van der Waals surface area (Å²) in [5.74, 6) is -0.254. The van der Waals surface area contributed by atoms with E-state index in [0.717, 1.165) is 44.2 Å². The summed E-state index contributed by atoms with van der Waals surface area (Å²) in [7, 11) is 1.81. The van der Waals surface area contributed by atoms with Gasteiger partial charge in [-0.25, -0.2) is 4.79 Å². The number of hydrogen-bond donors (Lipinski definition) is 0. The Morgan fingerprint density at radius 3 is 2.53 bits per heavy atom. The SMILES string of the molecule is CN(C(=O)c1cc2ccccc2oc1=O)C1CCCN(C2Cc3ccccc3C2)C1. The fourth-order valence-corrected chi connectivity index (χ4v) is 4.99. The predicted molar refractivity (Wildman–Crippen MR) is 117 cm³/mol. The Labute approximate surface area is 175 Å². The van der Waals surface area contributed by atoms with Crippen molar-refractivity contribution in [3.8, 4) is 0 Å². The molecule has 1 fully saturated rings. The summed E-state index contributed by atoms with van der Waals surface area (Å²) in [6.07, 6.45) is 4.17. The first-order valence-electron chi connectivity index (χ1n) is 10.7. The Morgan fingerprint density at radius 1 is 1.07 bits per heavy atom. The average molecular weight is 402 g/mol. The minimum absolute atomic E-state index is 0.0980. The lowest BCUT2D eigenvalue weighted by molar-refractivity contribution is 0.0552. The van der Waals surface area contributed by atoms with Crippen molar-refractivity contribution in [3.63, 3.8) is 0 Å². The number of amides is 1. The molecule has 30 heavy (non-hydrogen) atoms. The second kappa shape index (κ2) is 7.73. The quantitative estimate of drug-likeness (QED) is 0.630. The molecule has 2 aromatic carbocycles. The minimum atomic E-state index is -0.565. The van der Waals surface area contributed by atoms with Crippen molar-refractivity contribution < 1.29 is 9.21 Å². The van der Waals surface area contributed by atoms with Gasteiger partial charge in [-0.15, -0.1) is 0 Å². The van der Waals surface area contributed by atoms with Gasteiger partial charge in [-0.2, -0.15) is 0 Å². The molecule has 154 valence electrons. The molecule has 0 bridgehead atoms. The number of likely N-dealkylation sites (tertiary alicyclic amines) is 1. The van der Waals surface area contributed by atoms with Gasteiger partial charge in [0, 0.05) is 31.1 Å². The highest BCUT2D eigenvalue weighted by Gasteiger charge is 2.33. The van der Waals surface area contributed by atoms with Crippen LogP contribution in [-0.4, -0.2) is 47.9 Å². The summed E-state index contributed by atoms with van der Waals surface area (Å²) in [5, 5.41) is 0.767. The van der Waals surface area contributed by atoms with Gasteiger partial charge in [-0.3, -0.25) is 9.69 Å². The molecule has 1 aliphatic carbocycles. The zero-order valence-corrected chi connectivity index (χ0v) is 17.2. The van der Waals surface area contributed by atoms with Gasteiger partial charge in [0.1, 0.15) is 11.1 Å². The van der Waals surface area contributed by atoms with E-state index >= 15 is 0 Å². The number of carbonyl (C=O) groups excluding carboxylic acids is 1. The van der Waals surface area contributed by atoms with Crippen molar-refractivity contribution in [3.05, 3.63) is 81.7 Å². The van der Waals surface area contributed by atoms with Crippen LogP contribution < -0.4 is 5.63 Å². The Hall–Kier alpha value is -2.92. The Bertz CT molecular complexity index is 1130. The highest BCUT2D eigenvalue weighted by molar-refractivity contribution is 5.96. The molecule has 5 rings (SSSR count). The van der Waals surface area contributed by atoms with Crippen LogP contribution in [0.3, 0.4) is 0 Å². The van der Waals surface area contributed by atoms with E-state index in [1.54, 1.807) is 17.0 Å². The van der Waals surface area contributed by atoms with Gasteiger partial charge in [0.05, 0.1) is 0 Å². The third-order valence-corrected chi connectivity index (χ3v) is 6.71. The molecule has 0 saturated carbocycles. The minimum Gasteiger partial charge on any atom is -0.422 e. The number of nitrogens with zero attached hydrogens (tertiary/aromatic N) is 2. The second-order valence-electron chi connectivity index (χ2n) is 8.52. The topological polar surface area (TPSA) is 53.8 Å². The van der Waals surface area contributed by atoms with Crippen LogP contribution in [0.25, 0.3) is 11.0 Å². The standard InChI is InChI=1S/C25H26N2O3/c1-26(24(28)22-15-19-9-4-5-11-23(19)30-25(22)29)20-10-6-12-27(16-20)21-13-17-7-2-3-8-18(17)14-21/h2-5,7-9,11,15,20-21H,6,10,12-14,16H2,1H3. The van der Waals surface area contributed by atoms with E-state index in [-0.39, 0.29) is 17.5 Å². The summed E-state index contributed by atoms with van der Waals surface area (Å²) in [6, 6.07) is 18.2. The molecule has 1 aromatic heterocycles. The molecule has 1 atom stereocenters. The van der Waals surface area contributed by atoms with E-state index in [0.29, 0.717) is 11.6 Å². The van der Waals surface area contributed by atoms with E-state index in [2.05, 4.69) is 29.2 Å². The maximum Gasteiger partial charge on any atom is 0.349 e. The van der Waals surface area contributed by atoms with Crippen molar-refractivity contribution in [2.75, 3.05) is 20.1 Å². The number of likely N-dealkylation sites (N-methyl/N-ethyl adjacent to an activating group) is 1. The zero-order chi connectivity index (χ0) is 20.7. The van der Waals surface area contributed by atoms with Crippen molar-refractivity contribution in [2.45, 2.75) is 37.8 Å². The molecule has 0 radical (unpaired) electrons. The lowest BCUT2D eigenvalue weighted by Gasteiger charge is -2.40. The van der Waals surface area contributed by atoms with Crippen molar-refractivity contribution in [1.29, 1.82) is 0 Å². The number of benzene rings is 2. The Kier molecular flexibility index (Phi) is 4.91. The highest BCUT2D eigenvalue weighted by Crippen LogP contribution is 2.28. The van der Waals surface area contributed by atoms with E-state index in [1.165, 1.54) is 11.1 Å². The molecular weight excluding hydrogens is 376 g/mol. The number of hydrogen-bond acceptors (Lipinski definition) is 4. The average Bonchev–Trinajstić information content (AvgIpc) is 3.22. The zero-order valence-electron chi connectivity index (χ0n) is 17.2. The summed E-state index contributed by atoms with van der Waals surface area (Å²) in [5.41, 5.74) is 2.95. The fourth-order valence-electron chi connectivity index (χ4n) is 4.99. The van der Waals surface area contributed by atoms with Gasteiger partial charge in [-0.05, 0) is 55.5 Å². The van der Waals surface area contributed by atoms with Gasteiger partial charge < -0.3 is 9.32 Å². The number of carbonyl (C=O) groups is 1. The molecule has 1 saturated heterocycles. The molecule has 5 nitrogen and oxygen atoms in total. The Morgan fingerprint density at radius 2 is 1.77 bits per heavy atom. The third kappa shape index (κ3) is 3.43. The summed E-state index contributed by atoms with van der Waals surface area (Å²) in [4.78, 5) is 29.9. The van der Waals surface area contributed by atoms with Gasteiger partial charge in [0.15, 0.2) is 0 Å². The third-order valence-electron chi connectivity index (χ3n) is 6.71. The molecule has 1 amide bonds. The maximum atomic E-state index is 13.2. The smallest absolute Gasteiger partial charge is 0.349 e. The van der Waals surface area contributed by atoms with Crippen LogP contribution in [-0.2, 0) is 12.8 Å². The van der Waals surface area contributed by atoms with Crippen LogP contribution in [0.1, 0.15) is 34.3 Å². The summed E-state index contributed by atoms with van der Waals surface area (Å²) < 4.78 is 5.38. The number of para-hydroxylation sites is 1. The summed E-state index contributed by atoms with van der Waals surface area (Å²) in [6.45, 7) is 1.91. The van der Waals surface area contributed by atoms with E-state index in [9.17, 15) is 9.59 Å². The van der Waals surface area contributed by atoms with E-state index in [1.807, 2.05) is 25.2 Å².